The Morgan fingerprint density at radius 1 is 0.933 bits per heavy atom. The summed E-state index contributed by atoms with van der Waals surface area (Å²) in [6.45, 7) is 3.80. The number of ether oxygens (including phenoxy) is 2. The van der Waals surface area contributed by atoms with Gasteiger partial charge in [-0.3, -0.25) is 4.90 Å². The maximum absolute atomic E-state index is 13.9. The van der Waals surface area contributed by atoms with Crippen molar-refractivity contribution in [1.29, 1.82) is 0 Å². The fourth-order valence-electron chi connectivity index (χ4n) is 5.96. The number of aromatic nitrogens is 1. The van der Waals surface area contributed by atoms with E-state index in [2.05, 4.69) is 4.98 Å². The van der Waals surface area contributed by atoms with Crippen molar-refractivity contribution in [2.24, 2.45) is 0 Å². The Balaban J connectivity index is 1.58. The molecule has 2 fully saturated rings. The molecular formula is C31H27F9N2O3. The molecule has 3 heterocycles. The lowest BCUT2D eigenvalue weighted by Gasteiger charge is -2.26. The predicted molar refractivity (Wildman–Crippen MR) is 144 cm³/mol. The maximum Gasteiger partial charge on any atom is 0.416 e. The third kappa shape index (κ3) is 6.28. The molecule has 1 aromatic carbocycles. The summed E-state index contributed by atoms with van der Waals surface area (Å²) in [4.78, 5) is 18.7. The smallest absolute Gasteiger partial charge is 0.416 e. The van der Waals surface area contributed by atoms with Crippen molar-refractivity contribution >= 4 is 6.09 Å². The zero-order valence-electron chi connectivity index (χ0n) is 24.1. The van der Waals surface area contributed by atoms with Crippen LogP contribution in [0, 0.1) is 0 Å². The lowest BCUT2D eigenvalue weighted by molar-refractivity contribution is -0.137. The van der Waals surface area contributed by atoms with Crippen molar-refractivity contribution < 1.29 is 53.8 Å². The normalized spacial score (nSPS) is 22.5. The second kappa shape index (κ2) is 11.4. The summed E-state index contributed by atoms with van der Waals surface area (Å²) in [7, 11) is 1.35. The summed E-state index contributed by atoms with van der Waals surface area (Å²) in [6, 6.07) is 2.84. The number of cyclic esters (lactones) is 1. The highest BCUT2D eigenvalue weighted by molar-refractivity contribution is 5.77. The van der Waals surface area contributed by atoms with E-state index < -0.39 is 65.9 Å². The molecule has 2 saturated heterocycles. The molecule has 45 heavy (non-hydrogen) atoms. The third-order valence-corrected chi connectivity index (χ3v) is 8.21. The van der Waals surface area contributed by atoms with E-state index in [1.54, 1.807) is 12.3 Å². The summed E-state index contributed by atoms with van der Waals surface area (Å²) in [5.41, 5.74) is -2.73. The number of halogens is 9. The van der Waals surface area contributed by atoms with Crippen LogP contribution in [-0.2, 0) is 10.9 Å². The van der Waals surface area contributed by atoms with Gasteiger partial charge in [0, 0.05) is 17.3 Å². The number of carbonyl (C=O) groups is 1. The number of rotatable bonds is 5. The summed E-state index contributed by atoms with van der Waals surface area (Å²) >= 11 is 0. The van der Waals surface area contributed by atoms with Crippen LogP contribution in [0.4, 0.5) is 44.3 Å². The first-order valence-corrected chi connectivity index (χ1v) is 13.9. The Morgan fingerprint density at radius 3 is 2.24 bits per heavy atom. The molecule has 14 heteroatoms. The quantitative estimate of drug-likeness (QED) is 0.304. The number of hydrogen-bond acceptors (Lipinski definition) is 4. The average Bonchev–Trinajstić information content (AvgIpc) is 3.42. The highest BCUT2D eigenvalue weighted by Crippen LogP contribution is 2.49. The minimum atomic E-state index is -5.13. The van der Waals surface area contributed by atoms with Gasteiger partial charge in [-0.2, -0.15) is 39.5 Å². The van der Waals surface area contributed by atoms with Gasteiger partial charge in [-0.1, -0.05) is 26.0 Å². The van der Waals surface area contributed by atoms with E-state index in [-0.39, 0.29) is 41.9 Å². The topological polar surface area (TPSA) is 51.7 Å². The summed E-state index contributed by atoms with van der Waals surface area (Å²) < 4.78 is 134. The van der Waals surface area contributed by atoms with Crippen LogP contribution in [0.1, 0.15) is 61.8 Å². The molecule has 1 amide bonds. The van der Waals surface area contributed by atoms with Crippen molar-refractivity contribution in [3.63, 3.8) is 0 Å². The van der Waals surface area contributed by atoms with Crippen molar-refractivity contribution in [2.75, 3.05) is 7.11 Å². The van der Waals surface area contributed by atoms with Crippen LogP contribution < -0.4 is 4.74 Å². The number of benzene rings is 1. The molecule has 5 rings (SSSR count). The van der Waals surface area contributed by atoms with Gasteiger partial charge >= 0.3 is 24.6 Å². The van der Waals surface area contributed by atoms with Crippen LogP contribution in [0.2, 0.25) is 0 Å². The van der Waals surface area contributed by atoms with Crippen LogP contribution in [0.3, 0.4) is 0 Å². The zero-order valence-corrected chi connectivity index (χ0v) is 24.1. The number of amides is 1. The summed E-state index contributed by atoms with van der Waals surface area (Å²) in [5.74, 6) is 0.123. The van der Waals surface area contributed by atoms with Gasteiger partial charge in [0.2, 0.25) is 5.88 Å². The first-order valence-electron chi connectivity index (χ1n) is 13.9. The minimum Gasteiger partial charge on any atom is -0.481 e. The van der Waals surface area contributed by atoms with Crippen molar-refractivity contribution in [1.82, 2.24) is 9.88 Å². The number of allylic oxidation sites excluding steroid dienone is 4. The molecule has 0 radical (unpaired) electrons. The number of alkyl halides is 9. The molecule has 5 nitrogen and oxygen atoms in total. The Kier molecular flexibility index (Phi) is 8.24. The molecule has 0 spiro atoms. The van der Waals surface area contributed by atoms with Crippen LogP contribution in [0.15, 0.2) is 65.4 Å². The molecule has 242 valence electrons. The largest absolute Gasteiger partial charge is 0.481 e. The van der Waals surface area contributed by atoms with Crippen molar-refractivity contribution in [3.05, 3.63) is 82.1 Å². The van der Waals surface area contributed by atoms with E-state index in [1.807, 2.05) is 13.8 Å². The SMILES string of the molecule is COc1ncc(C(C)C)cc1-c1ccc(C(F)(F)F)cc1[C@@H]1CCC2[C@@H](C3=CCC(C(F)(F)F)=CC(C(F)(F)F)=C3)OC(=O)N21. The number of hydrogen-bond donors (Lipinski definition) is 0. The van der Waals surface area contributed by atoms with Crippen LogP contribution >= 0.6 is 0 Å². The molecule has 1 aromatic heterocycles. The van der Waals surface area contributed by atoms with Crippen molar-refractivity contribution in [3.8, 4) is 17.0 Å². The molecule has 0 saturated carbocycles. The molecule has 3 atom stereocenters. The van der Waals surface area contributed by atoms with Gasteiger partial charge in [-0.25, -0.2) is 9.78 Å². The Labute approximate surface area is 252 Å². The van der Waals surface area contributed by atoms with E-state index in [1.165, 1.54) is 18.1 Å². The fourth-order valence-corrected chi connectivity index (χ4v) is 5.96. The van der Waals surface area contributed by atoms with Crippen LogP contribution in [-0.4, -0.2) is 47.6 Å². The van der Waals surface area contributed by atoms with E-state index in [4.69, 9.17) is 9.47 Å². The van der Waals surface area contributed by atoms with Crippen molar-refractivity contribution in [2.45, 2.75) is 75.7 Å². The number of methoxy groups -OCH3 is 1. The van der Waals surface area contributed by atoms with Gasteiger partial charge in [0.1, 0.15) is 6.10 Å². The monoisotopic (exact) mass is 646 g/mol. The molecule has 0 bridgehead atoms. The van der Waals surface area contributed by atoms with E-state index in [0.29, 0.717) is 17.2 Å². The Hall–Kier alpha value is -3.97. The standard InChI is InChI=1S/C31H27F9N2O3/c1-15(2)17-11-23(27(44-3)41-14-17)21-7-6-19(30(35,36)37)13-22(21)24-8-9-25-26(45-28(43)42(24)25)16-4-5-18(29(32,33)34)12-20(10-16)31(38,39)40/h4,6-7,10-15,24-26H,5,8-9H2,1-3H3/t24-,25?,26+/m0/s1. The second-order valence-electron chi connectivity index (χ2n) is 11.3. The van der Waals surface area contributed by atoms with Gasteiger partial charge in [0.25, 0.3) is 0 Å². The summed E-state index contributed by atoms with van der Waals surface area (Å²) in [6.07, 6.45) is -14.9. The Morgan fingerprint density at radius 2 is 1.64 bits per heavy atom. The van der Waals surface area contributed by atoms with Gasteiger partial charge < -0.3 is 9.47 Å². The van der Waals surface area contributed by atoms with Gasteiger partial charge in [0.15, 0.2) is 0 Å². The van der Waals surface area contributed by atoms with E-state index >= 15 is 0 Å². The molecular weight excluding hydrogens is 619 g/mol. The summed E-state index contributed by atoms with van der Waals surface area (Å²) in [5, 5.41) is 0. The molecule has 1 aliphatic carbocycles. The van der Waals surface area contributed by atoms with Gasteiger partial charge in [-0.15, -0.1) is 0 Å². The number of fused-ring (bicyclic) bond motifs is 1. The first-order chi connectivity index (χ1) is 20.9. The van der Waals surface area contributed by atoms with Crippen LogP contribution in [0.25, 0.3) is 11.1 Å². The highest BCUT2D eigenvalue weighted by atomic mass is 19.4. The second-order valence-corrected chi connectivity index (χ2v) is 11.3. The number of pyridine rings is 1. The molecule has 1 unspecified atom stereocenters. The molecule has 0 N–H and O–H groups in total. The number of carbonyl (C=O) groups excluding carboxylic acids is 1. The lowest BCUT2D eigenvalue weighted by Crippen LogP contribution is -2.33. The maximum atomic E-state index is 13.9. The molecule has 2 aliphatic heterocycles. The highest BCUT2D eigenvalue weighted by Gasteiger charge is 2.52. The first kappa shape index (κ1) is 32.4. The predicted octanol–water partition coefficient (Wildman–Crippen LogP) is 9.23. The lowest BCUT2D eigenvalue weighted by atomic mass is 9.90. The number of nitrogens with zero attached hydrogens (tertiary/aromatic N) is 2. The Bertz CT molecular complexity index is 1590. The van der Waals surface area contributed by atoms with E-state index in [0.717, 1.165) is 23.8 Å². The van der Waals surface area contributed by atoms with Gasteiger partial charge in [0.05, 0.1) is 30.3 Å². The third-order valence-electron chi connectivity index (χ3n) is 8.21. The zero-order chi connectivity index (χ0) is 33.1. The fraction of sp³-hybridized carbons (Fsp3) is 0.419. The molecule has 2 aromatic rings. The van der Waals surface area contributed by atoms with E-state index in [9.17, 15) is 44.3 Å². The minimum absolute atomic E-state index is 0.0000730. The molecule has 3 aliphatic rings. The van der Waals surface area contributed by atoms with Crippen LogP contribution in [0.5, 0.6) is 5.88 Å². The average molecular weight is 647 g/mol. The van der Waals surface area contributed by atoms with Gasteiger partial charge in [-0.05, 0) is 77.8 Å².